The zero-order chi connectivity index (χ0) is 15.4. The smallest absolute Gasteiger partial charge is 0.367 e. The molecule has 1 rings (SSSR count). The first-order valence-corrected chi connectivity index (χ1v) is 6.83. The summed E-state index contributed by atoms with van der Waals surface area (Å²) in [5.41, 5.74) is -0.550. The Morgan fingerprint density at radius 1 is 1.25 bits per heavy atom. The number of hydrogen-bond donors (Lipinski definition) is 1. The quantitative estimate of drug-likeness (QED) is 0.864. The number of piperidine rings is 1. The van der Waals surface area contributed by atoms with Crippen molar-refractivity contribution in [1.82, 2.24) is 10.4 Å². The summed E-state index contributed by atoms with van der Waals surface area (Å²) in [6.07, 6.45) is -2.71. The van der Waals surface area contributed by atoms with Gasteiger partial charge in [0.15, 0.2) is 0 Å². The number of nitrogens with zero attached hydrogens (tertiary/aromatic N) is 1. The second-order valence-electron chi connectivity index (χ2n) is 6.25. The monoisotopic (exact) mass is 296 g/mol. The number of hydrogen-bond acceptors (Lipinski definition) is 4. The highest BCUT2D eigenvalue weighted by Gasteiger charge is 2.29. The van der Waals surface area contributed by atoms with Crippen LogP contribution in [0.5, 0.6) is 0 Å². The van der Waals surface area contributed by atoms with Gasteiger partial charge in [0.1, 0.15) is 0 Å². The lowest BCUT2D eigenvalue weighted by molar-refractivity contribution is -0.206. The maximum absolute atomic E-state index is 12.0. The molecule has 4 nitrogen and oxygen atoms in total. The summed E-state index contributed by atoms with van der Waals surface area (Å²) in [5, 5.41) is 4.03. The van der Waals surface area contributed by atoms with Gasteiger partial charge in [-0.3, -0.25) is 0 Å². The fourth-order valence-corrected chi connectivity index (χ4v) is 1.88. The molecule has 20 heavy (non-hydrogen) atoms. The van der Waals surface area contributed by atoms with Crippen molar-refractivity contribution in [2.75, 3.05) is 26.2 Å². The van der Waals surface area contributed by atoms with Crippen molar-refractivity contribution in [2.24, 2.45) is 11.3 Å². The van der Waals surface area contributed by atoms with E-state index in [0.717, 1.165) is 12.8 Å². The zero-order valence-electron chi connectivity index (χ0n) is 12.2. The molecule has 0 amide bonds. The van der Waals surface area contributed by atoms with Crippen LogP contribution in [0.15, 0.2) is 0 Å². The molecule has 0 spiro atoms. The molecule has 1 saturated heterocycles. The molecule has 1 fully saturated rings. The van der Waals surface area contributed by atoms with Gasteiger partial charge in [0.05, 0.1) is 12.0 Å². The minimum Gasteiger partial charge on any atom is -0.367 e. The Labute approximate surface area is 117 Å². The minimum atomic E-state index is -4.16. The highest BCUT2D eigenvalue weighted by Crippen LogP contribution is 2.21. The lowest BCUT2D eigenvalue weighted by atomic mass is 9.97. The maximum atomic E-state index is 12.0. The molecule has 0 saturated carbocycles. The number of alkyl halides is 3. The number of nitrogens with one attached hydrogen (secondary N) is 1. The van der Waals surface area contributed by atoms with Gasteiger partial charge in [-0.25, -0.2) is 4.79 Å². The van der Waals surface area contributed by atoms with Crippen molar-refractivity contribution in [3.63, 3.8) is 0 Å². The normalized spacial score (nSPS) is 19.1. The highest BCUT2D eigenvalue weighted by atomic mass is 19.4. The van der Waals surface area contributed by atoms with Crippen LogP contribution >= 0.6 is 0 Å². The maximum Gasteiger partial charge on any atom is 0.401 e. The first-order valence-electron chi connectivity index (χ1n) is 6.83. The van der Waals surface area contributed by atoms with Crippen LogP contribution in [-0.2, 0) is 9.63 Å². The van der Waals surface area contributed by atoms with Crippen LogP contribution in [0.1, 0.15) is 33.6 Å². The first-order chi connectivity index (χ1) is 9.08. The molecule has 1 aliphatic rings. The number of rotatable bonds is 4. The molecule has 0 atom stereocenters. The van der Waals surface area contributed by atoms with E-state index in [0.29, 0.717) is 19.6 Å². The van der Waals surface area contributed by atoms with Gasteiger partial charge in [0, 0.05) is 13.1 Å². The molecular formula is C13H23F3N2O2. The van der Waals surface area contributed by atoms with E-state index in [9.17, 15) is 18.0 Å². The summed E-state index contributed by atoms with van der Waals surface area (Å²) < 4.78 is 36.0. The van der Waals surface area contributed by atoms with Gasteiger partial charge < -0.3 is 10.2 Å². The van der Waals surface area contributed by atoms with E-state index in [1.54, 1.807) is 25.8 Å². The van der Waals surface area contributed by atoms with Crippen molar-refractivity contribution in [1.29, 1.82) is 0 Å². The van der Waals surface area contributed by atoms with Crippen LogP contribution in [0.25, 0.3) is 0 Å². The predicted octanol–water partition coefficient (Wildman–Crippen LogP) is 2.35. The van der Waals surface area contributed by atoms with E-state index >= 15 is 0 Å². The van der Waals surface area contributed by atoms with Crippen molar-refractivity contribution in [2.45, 2.75) is 39.8 Å². The summed E-state index contributed by atoms with van der Waals surface area (Å²) in [5.74, 6) is -0.0897. The van der Waals surface area contributed by atoms with E-state index in [-0.39, 0.29) is 11.9 Å². The lowest BCUT2D eigenvalue weighted by Crippen LogP contribution is -2.41. The van der Waals surface area contributed by atoms with Crippen LogP contribution in [0.3, 0.4) is 0 Å². The molecule has 0 bridgehead atoms. The highest BCUT2D eigenvalue weighted by molar-refractivity contribution is 5.75. The third-order valence-electron chi connectivity index (χ3n) is 3.16. The summed E-state index contributed by atoms with van der Waals surface area (Å²) in [6, 6.07) is 0. The standard InChI is InChI=1S/C13H23F3N2O2/c1-12(2,3)11(19)20-18-6-4-10(5-7-18)8-17-9-13(14,15)16/h10,17H,4-9H2,1-3H3. The second kappa shape index (κ2) is 6.76. The van der Waals surface area contributed by atoms with E-state index in [1.165, 1.54) is 0 Å². The molecule has 1 heterocycles. The van der Waals surface area contributed by atoms with E-state index in [2.05, 4.69) is 5.32 Å². The Morgan fingerprint density at radius 2 is 1.80 bits per heavy atom. The molecule has 0 aromatic heterocycles. The Kier molecular flexibility index (Phi) is 5.82. The molecule has 1 aliphatic heterocycles. The SMILES string of the molecule is CC(C)(C)C(=O)ON1CCC(CNCC(F)(F)F)CC1. The third-order valence-corrected chi connectivity index (χ3v) is 3.16. The van der Waals surface area contributed by atoms with E-state index in [4.69, 9.17) is 4.84 Å². The second-order valence-corrected chi connectivity index (χ2v) is 6.25. The summed E-state index contributed by atoms with van der Waals surface area (Å²) in [6.45, 7) is 5.88. The first kappa shape index (κ1) is 17.2. The van der Waals surface area contributed by atoms with Gasteiger partial charge in [-0.05, 0) is 46.1 Å². The third kappa shape index (κ3) is 6.56. The Balaban J connectivity index is 2.22. The number of hydroxylamine groups is 2. The molecule has 0 aliphatic carbocycles. The van der Waals surface area contributed by atoms with Crippen molar-refractivity contribution >= 4 is 5.97 Å². The fourth-order valence-electron chi connectivity index (χ4n) is 1.88. The van der Waals surface area contributed by atoms with Crippen LogP contribution in [0, 0.1) is 11.3 Å². The van der Waals surface area contributed by atoms with Gasteiger partial charge in [-0.15, -0.1) is 5.06 Å². The molecular weight excluding hydrogens is 273 g/mol. The summed E-state index contributed by atoms with van der Waals surface area (Å²) in [7, 11) is 0. The molecule has 0 aromatic carbocycles. The van der Waals surface area contributed by atoms with Crippen molar-refractivity contribution in [3.05, 3.63) is 0 Å². The average Bonchev–Trinajstić information content (AvgIpc) is 2.28. The molecule has 118 valence electrons. The van der Waals surface area contributed by atoms with Gasteiger partial charge in [0.2, 0.25) is 0 Å². The average molecular weight is 296 g/mol. The topological polar surface area (TPSA) is 41.6 Å². The van der Waals surface area contributed by atoms with Gasteiger partial charge in [0.25, 0.3) is 0 Å². The van der Waals surface area contributed by atoms with Crippen LogP contribution in [-0.4, -0.2) is 43.4 Å². The summed E-state index contributed by atoms with van der Waals surface area (Å²) >= 11 is 0. The summed E-state index contributed by atoms with van der Waals surface area (Å²) in [4.78, 5) is 17.0. The molecule has 7 heteroatoms. The van der Waals surface area contributed by atoms with Crippen LogP contribution in [0.2, 0.25) is 0 Å². The number of halogens is 3. The fraction of sp³-hybridized carbons (Fsp3) is 0.923. The molecule has 0 aromatic rings. The van der Waals surface area contributed by atoms with Crippen LogP contribution in [0.4, 0.5) is 13.2 Å². The zero-order valence-corrected chi connectivity index (χ0v) is 12.2. The Bertz CT molecular complexity index is 319. The minimum absolute atomic E-state index is 0.196. The van der Waals surface area contributed by atoms with E-state index < -0.39 is 18.1 Å². The Hall–Kier alpha value is -0.820. The van der Waals surface area contributed by atoms with Crippen LogP contribution < -0.4 is 5.32 Å². The molecule has 1 N–H and O–H groups in total. The lowest BCUT2D eigenvalue weighted by Gasteiger charge is -2.32. The van der Waals surface area contributed by atoms with Gasteiger partial charge >= 0.3 is 12.1 Å². The number of carbonyl (C=O) groups excluding carboxylic acids is 1. The van der Waals surface area contributed by atoms with Gasteiger partial charge in [-0.2, -0.15) is 13.2 Å². The van der Waals surface area contributed by atoms with Crippen molar-refractivity contribution in [3.8, 4) is 0 Å². The van der Waals surface area contributed by atoms with Gasteiger partial charge in [-0.1, -0.05) is 0 Å². The van der Waals surface area contributed by atoms with E-state index in [1.807, 2.05) is 0 Å². The molecule has 0 unspecified atom stereocenters. The largest absolute Gasteiger partial charge is 0.401 e. The van der Waals surface area contributed by atoms with Crippen molar-refractivity contribution < 1.29 is 22.8 Å². The predicted molar refractivity (Wildman–Crippen MR) is 68.8 cm³/mol. The number of carbonyl (C=O) groups is 1. The Morgan fingerprint density at radius 3 is 2.25 bits per heavy atom. The molecule has 0 radical (unpaired) electrons.